The molecule has 1 fully saturated rings. The molecule has 1 amide bonds. The molecular weight excluding hydrogens is 238 g/mol. The molecule has 1 N–H and O–H groups in total. The van der Waals surface area contributed by atoms with Crippen LogP contribution in [0.1, 0.15) is 42.5 Å². The molecule has 1 aromatic rings. The average molecular weight is 261 g/mol. The van der Waals surface area contributed by atoms with Gasteiger partial charge in [-0.2, -0.15) is 0 Å². The number of aromatic nitrogens is 1. The number of carbonyl (C=O) groups excluding carboxylic acids is 1. The molecule has 1 saturated carbocycles. The van der Waals surface area contributed by atoms with Crippen molar-refractivity contribution in [1.29, 1.82) is 0 Å². The van der Waals surface area contributed by atoms with Crippen LogP contribution in [-0.4, -0.2) is 31.5 Å². The Morgan fingerprint density at radius 3 is 2.63 bits per heavy atom. The summed E-state index contributed by atoms with van der Waals surface area (Å²) < 4.78 is 0. The Morgan fingerprint density at radius 1 is 1.32 bits per heavy atom. The topological polar surface area (TPSA) is 45.2 Å². The fraction of sp³-hybridized carbons (Fsp3) is 0.600. The molecule has 0 aliphatic heterocycles. The van der Waals surface area contributed by atoms with E-state index in [1.807, 2.05) is 31.1 Å². The number of anilines is 1. The minimum atomic E-state index is -0.0108. The van der Waals surface area contributed by atoms with Crippen molar-refractivity contribution >= 4 is 11.7 Å². The smallest absolute Gasteiger partial charge is 0.252 e. The Labute approximate surface area is 115 Å². The van der Waals surface area contributed by atoms with Crippen LogP contribution >= 0.6 is 0 Å². The monoisotopic (exact) mass is 261 g/mol. The number of carbonyl (C=O) groups is 1. The van der Waals surface area contributed by atoms with Crippen LogP contribution in [0.3, 0.4) is 0 Å². The highest BCUT2D eigenvalue weighted by Crippen LogP contribution is 2.22. The van der Waals surface area contributed by atoms with Gasteiger partial charge in [0.25, 0.3) is 5.91 Å². The molecule has 19 heavy (non-hydrogen) atoms. The molecule has 1 aromatic heterocycles. The van der Waals surface area contributed by atoms with E-state index in [9.17, 15) is 4.79 Å². The second kappa shape index (κ2) is 6.55. The van der Waals surface area contributed by atoms with Gasteiger partial charge in [-0.25, -0.2) is 4.98 Å². The van der Waals surface area contributed by atoms with Gasteiger partial charge in [0, 0.05) is 26.8 Å². The zero-order valence-corrected chi connectivity index (χ0v) is 11.9. The summed E-state index contributed by atoms with van der Waals surface area (Å²) in [4.78, 5) is 18.2. The second-order valence-electron chi connectivity index (χ2n) is 5.51. The van der Waals surface area contributed by atoms with E-state index in [1.54, 1.807) is 6.20 Å². The molecule has 2 rings (SSSR count). The van der Waals surface area contributed by atoms with Crippen LogP contribution in [-0.2, 0) is 0 Å². The van der Waals surface area contributed by atoms with Crippen LogP contribution in [0.4, 0.5) is 5.82 Å². The van der Waals surface area contributed by atoms with Crippen LogP contribution in [0.5, 0.6) is 0 Å². The summed E-state index contributed by atoms with van der Waals surface area (Å²) in [5, 5.41) is 3.02. The number of rotatable bonds is 4. The minimum absolute atomic E-state index is 0.0108. The van der Waals surface area contributed by atoms with Crippen molar-refractivity contribution in [3.63, 3.8) is 0 Å². The highest BCUT2D eigenvalue weighted by atomic mass is 16.1. The SMILES string of the molecule is CN(C)c1ccc(C(=O)NCC2CCCCC2)cn1. The maximum Gasteiger partial charge on any atom is 0.252 e. The zero-order valence-electron chi connectivity index (χ0n) is 11.9. The Bertz CT molecular complexity index is 408. The largest absolute Gasteiger partial charge is 0.363 e. The standard InChI is InChI=1S/C15H23N3O/c1-18(2)14-9-8-13(11-16-14)15(19)17-10-12-6-4-3-5-7-12/h8-9,11-12H,3-7,10H2,1-2H3,(H,17,19). The molecule has 0 unspecified atom stereocenters. The van der Waals surface area contributed by atoms with Crippen LogP contribution in [0, 0.1) is 5.92 Å². The molecule has 0 saturated heterocycles. The number of pyridine rings is 1. The van der Waals surface area contributed by atoms with Crippen LogP contribution in [0.25, 0.3) is 0 Å². The minimum Gasteiger partial charge on any atom is -0.363 e. The maximum absolute atomic E-state index is 12.0. The van der Waals surface area contributed by atoms with Gasteiger partial charge in [0.15, 0.2) is 0 Å². The molecule has 0 radical (unpaired) electrons. The van der Waals surface area contributed by atoms with Crippen LogP contribution < -0.4 is 10.2 Å². The van der Waals surface area contributed by atoms with E-state index in [-0.39, 0.29) is 5.91 Å². The number of amides is 1. The number of nitrogens with one attached hydrogen (secondary N) is 1. The van der Waals surface area contributed by atoms with E-state index < -0.39 is 0 Å². The lowest BCUT2D eigenvalue weighted by atomic mass is 9.89. The van der Waals surface area contributed by atoms with Crippen LogP contribution in [0.15, 0.2) is 18.3 Å². The van der Waals surface area contributed by atoms with Crippen molar-refractivity contribution in [2.45, 2.75) is 32.1 Å². The van der Waals surface area contributed by atoms with Crippen LogP contribution in [0.2, 0.25) is 0 Å². The fourth-order valence-electron chi connectivity index (χ4n) is 2.52. The Kier molecular flexibility index (Phi) is 4.77. The molecule has 104 valence electrons. The van der Waals surface area contributed by atoms with Gasteiger partial charge in [0.2, 0.25) is 0 Å². The predicted octanol–water partition coefficient (Wildman–Crippen LogP) is 2.46. The molecule has 4 heteroatoms. The third kappa shape index (κ3) is 3.94. The van der Waals surface area contributed by atoms with Gasteiger partial charge in [-0.05, 0) is 30.9 Å². The first kappa shape index (κ1) is 13.8. The Hall–Kier alpha value is -1.58. The van der Waals surface area contributed by atoms with Crippen molar-refractivity contribution in [1.82, 2.24) is 10.3 Å². The van der Waals surface area contributed by atoms with Crippen molar-refractivity contribution in [2.75, 3.05) is 25.5 Å². The molecule has 4 nitrogen and oxygen atoms in total. The van der Waals surface area contributed by atoms with E-state index >= 15 is 0 Å². The normalized spacial score (nSPS) is 16.1. The average Bonchev–Trinajstić information content (AvgIpc) is 2.46. The van der Waals surface area contributed by atoms with Gasteiger partial charge in [0.1, 0.15) is 5.82 Å². The highest BCUT2D eigenvalue weighted by Gasteiger charge is 2.15. The third-order valence-electron chi connectivity index (χ3n) is 3.74. The molecule has 0 atom stereocenters. The summed E-state index contributed by atoms with van der Waals surface area (Å²) in [5.41, 5.74) is 0.640. The summed E-state index contributed by atoms with van der Waals surface area (Å²) >= 11 is 0. The van der Waals surface area contributed by atoms with E-state index in [2.05, 4.69) is 10.3 Å². The van der Waals surface area contributed by atoms with E-state index in [0.29, 0.717) is 11.5 Å². The lowest BCUT2D eigenvalue weighted by Crippen LogP contribution is -2.30. The summed E-state index contributed by atoms with van der Waals surface area (Å²) in [7, 11) is 3.87. The van der Waals surface area contributed by atoms with E-state index in [1.165, 1.54) is 32.1 Å². The fourth-order valence-corrected chi connectivity index (χ4v) is 2.52. The van der Waals surface area contributed by atoms with Gasteiger partial charge in [0.05, 0.1) is 5.56 Å². The van der Waals surface area contributed by atoms with Gasteiger partial charge in [-0.1, -0.05) is 19.3 Å². The number of hydrogen-bond donors (Lipinski definition) is 1. The maximum atomic E-state index is 12.0. The Morgan fingerprint density at radius 2 is 2.05 bits per heavy atom. The number of hydrogen-bond acceptors (Lipinski definition) is 3. The van der Waals surface area contributed by atoms with Gasteiger partial charge in [-0.3, -0.25) is 4.79 Å². The molecule has 1 heterocycles. The molecule has 0 spiro atoms. The molecule has 1 aliphatic rings. The Balaban J connectivity index is 1.85. The van der Waals surface area contributed by atoms with E-state index in [4.69, 9.17) is 0 Å². The first-order valence-corrected chi connectivity index (χ1v) is 7.08. The first-order valence-electron chi connectivity index (χ1n) is 7.08. The number of nitrogens with zero attached hydrogens (tertiary/aromatic N) is 2. The van der Waals surface area contributed by atoms with Crippen molar-refractivity contribution in [3.8, 4) is 0 Å². The third-order valence-corrected chi connectivity index (χ3v) is 3.74. The first-order chi connectivity index (χ1) is 9.16. The molecular formula is C15H23N3O. The lowest BCUT2D eigenvalue weighted by Gasteiger charge is -2.21. The summed E-state index contributed by atoms with van der Waals surface area (Å²) in [6.45, 7) is 0.800. The van der Waals surface area contributed by atoms with Gasteiger partial charge >= 0.3 is 0 Å². The molecule has 0 aromatic carbocycles. The van der Waals surface area contributed by atoms with Crippen molar-refractivity contribution < 1.29 is 4.79 Å². The summed E-state index contributed by atoms with van der Waals surface area (Å²) in [6.07, 6.45) is 8.10. The van der Waals surface area contributed by atoms with Crippen molar-refractivity contribution in [2.24, 2.45) is 5.92 Å². The van der Waals surface area contributed by atoms with Crippen molar-refractivity contribution in [3.05, 3.63) is 23.9 Å². The quantitative estimate of drug-likeness (QED) is 0.905. The predicted molar refractivity (Wildman–Crippen MR) is 77.5 cm³/mol. The molecule has 0 bridgehead atoms. The molecule has 1 aliphatic carbocycles. The lowest BCUT2D eigenvalue weighted by molar-refractivity contribution is 0.0943. The highest BCUT2D eigenvalue weighted by molar-refractivity contribution is 5.94. The summed E-state index contributed by atoms with van der Waals surface area (Å²) in [6, 6.07) is 3.70. The second-order valence-corrected chi connectivity index (χ2v) is 5.51. The van der Waals surface area contributed by atoms with Gasteiger partial charge < -0.3 is 10.2 Å². The van der Waals surface area contributed by atoms with E-state index in [0.717, 1.165) is 12.4 Å². The summed E-state index contributed by atoms with van der Waals surface area (Å²) in [5.74, 6) is 1.51. The zero-order chi connectivity index (χ0) is 13.7. The van der Waals surface area contributed by atoms with Gasteiger partial charge in [-0.15, -0.1) is 0 Å².